The fourth-order valence-electron chi connectivity index (χ4n) is 3.73. The van der Waals surface area contributed by atoms with Crippen LogP contribution in [0.2, 0.25) is 0 Å². The Bertz CT molecular complexity index is 800. The topological polar surface area (TPSA) is 49.4 Å². The van der Waals surface area contributed by atoms with Crippen molar-refractivity contribution in [1.29, 1.82) is 0 Å². The maximum atomic E-state index is 13.2. The van der Waals surface area contributed by atoms with Gasteiger partial charge in [-0.15, -0.1) is 0 Å². The van der Waals surface area contributed by atoms with Crippen molar-refractivity contribution in [2.45, 2.75) is 71.8 Å². The van der Waals surface area contributed by atoms with Gasteiger partial charge in [-0.1, -0.05) is 82.3 Å². The second-order valence-electron chi connectivity index (χ2n) is 8.43. The SMILES string of the molecule is CCCNC(=O)[C@@H](CC)N(CCc1ccccc1)C(=O)CCc1ccc(C(C)C)cc1. The summed E-state index contributed by atoms with van der Waals surface area (Å²) in [6, 6.07) is 18.2. The van der Waals surface area contributed by atoms with Crippen LogP contribution in [0.3, 0.4) is 0 Å². The summed E-state index contributed by atoms with van der Waals surface area (Å²) in [6.07, 6.45) is 3.33. The van der Waals surface area contributed by atoms with Crippen molar-refractivity contribution in [3.05, 3.63) is 71.3 Å². The maximum Gasteiger partial charge on any atom is 0.242 e. The fourth-order valence-corrected chi connectivity index (χ4v) is 3.73. The maximum absolute atomic E-state index is 13.2. The Morgan fingerprint density at radius 1 is 0.903 bits per heavy atom. The average Bonchev–Trinajstić information content (AvgIpc) is 2.79. The van der Waals surface area contributed by atoms with Gasteiger partial charge in [0.2, 0.25) is 11.8 Å². The van der Waals surface area contributed by atoms with Crippen molar-refractivity contribution < 1.29 is 9.59 Å². The monoisotopic (exact) mass is 422 g/mol. The van der Waals surface area contributed by atoms with Crippen LogP contribution in [0.25, 0.3) is 0 Å². The molecule has 2 aromatic rings. The molecule has 0 fully saturated rings. The normalized spacial score (nSPS) is 11.9. The molecule has 0 aliphatic heterocycles. The highest BCUT2D eigenvalue weighted by molar-refractivity contribution is 5.87. The van der Waals surface area contributed by atoms with Crippen molar-refractivity contribution in [2.75, 3.05) is 13.1 Å². The minimum Gasteiger partial charge on any atom is -0.354 e. The molecule has 2 rings (SSSR count). The van der Waals surface area contributed by atoms with Gasteiger partial charge >= 0.3 is 0 Å². The van der Waals surface area contributed by atoms with Gasteiger partial charge in [0.25, 0.3) is 0 Å². The molecule has 0 unspecified atom stereocenters. The predicted molar refractivity (Wildman–Crippen MR) is 128 cm³/mol. The quantitative estimate of drug-likeness (QED) is 0.516. The molecule has 0 saturated heterocycles. The third-order valence-electron chi connectivity index (χ3n) is 5.69. The molecule has 1 atom stereocenters. The van der Waals surface area contributed by atoms with Crippen LogP contribution < -0.4 is 5.32 Å². The number of hydrogen-bond donors (Lipinski definition) is 1. The molecule has 0 radical (unpaired) electrons. The Labute approximate surface area is 188 Å². The van der Waals surface area contributed by atoms with E-state index in [9.17, 15) is 9.59 Å². The van der Waals surface area contributed by atoms with Gasteiger partial charge in [0.05, 0.1) is 0 Å². The first-order valence-electron chi connectivity index (χ1n) is 11.7. The van der Waals surface area contributed by atoms with Gasteiger partial charge in [-0.3, -0.25) is 9.59 Å². The van der Waals surface area contributed by atoms with E-state index in [1.165, 1.54) is 11.1 Å². The van der Waals surface area contributed by atoms with Crippen LogP contribution in [0.5, 0.6) is 0 Å². The number of benzene rings is 2. The highest BCUT2D eigenvalue weighted by Crippen LogP contribution is 2.17. The van der Waals surface area contributed by atoms with Crippen molar-refractivity contribution >= 4 is 11.8 Å². The molecule has 4 nitrogen and oxygen atoms in total. The summed E-state index contributed by atoms with van der Waals surface area (Å²) < 4.78 is 0. The van der Waals surface area contributed by atoms with Gasteiger partial charge < -0.3 is 10.2 Å². The summed E-state index contributed by atoms with van der Waals surface area (Å²) in [6.45, 7) is 9.55. The summed E-state index contributed by atoms with van der Waals surface area (Å²) in [5.41, 5.74) is 3.64. The van der Waals surface area contributed by atoms with Crippen molar-refractivity contribution in [2.24, 2.45) is 0 Å². The number of carbonyl (C=O) groups is 2. The lowest BCUT2D eigenvalue weighted by Gasteiger charge is -2.30. The van der Waals surface area contributed by atoms with E-state index in [2.05, 4.69) is 55.6 Å². The Balaban J connectivity index is 2.08. The second-order valence-corrected chi connectivity index (χ2v) is 8.43. The molecule has 2 aromatic carbocycles. The van der Waals surface area contributed by atoms with E-state index in [1.54, 1.807) is 4.90 Å². The van der Waals surface area contributed by atoms with Crippen molar-refractivity contribution in [1.82, 2.24) is 10.2 Å². The molecule has 0 bridgehead atoms. The number of amides is 2. The molecular weight excluding hydrogens is 384 g/mol. The van der Waals surface area contributed by atoms with E-state index in [0.29, 0.717) is 38.3 Å². The molecule has 0 spiro atoms. The largest absolute Gasteiger partial charge is 0.354 e. The van der Waals surface area contributed by atoms with E-state index in [1.807, 2.05) is 32.0 Å². The predicted octanol–water partition coefficient (Wildman–Crippen LogP) is 5.12. The minimum atomic E-state index is -0.425. The Morgan fingerprint density at radius 3 is 2.13 bits per heavy atom. The van der Waals surface area contributed by atoms with Crippen LogP contribution in [0.4, 0.5) is 0 Å². The van der Waals surface area contributed by atoms with Crippen molar-refractivity contribution in [3.63, 3.8) is 0 Å². The lowest BCUT2D eigenvalue weighted by molar-refractivity contribution is -0.140. The zero-order valence-corrected chi connectivity index (χ0v) is 19.6. The molecule has 0 heterocycles. The molecule has 31 heavy (non-hydrogen) atoms. The number of aryl methyl sites for hydroxylation is 1. The molecule has 1 N–H and O–H groups in total. The van der Waals surface area contributed by atoms with Gasteiger partial charge in [-0.05, 0) is 48.3 Å². The van der Waals surface area contributed by atoms with E-state index < -0.39 is 6.04 Å². The Kier molecular flexibility index (Phi) is 10.3. The standard InChI is InChI=1S/C27H38N2O2/c1-5-19-28-27(31)25(6-2)29(20-18-22-10-8-7-9-11-22)26(30)17-14-23-12-15-24(16-13-23)21(3)4/h7-13,15-16,21,25H,5-6,14,17-20H2,1-4H3,(H,28,31)/t25-/m1/s1. The van der Waals surface area contributed by atoms with Crippen molar-refractivity contribution in [3.8, 4) is 0 Å². The van der Waals surface area contributed by atoms with Crippen LogP contribution in [-0.2, 0) is 22.4 Å². The first-order chi connectivity index (χ1) is 15.0. The number of hydrogen-bond acceptors (Lipinski definition) is 2. The fraction of sp³-hybridized carbons (Fsp3) is 0.481. The van der Waals surface area contributed by atoms with E-state index in [-0.39, 0.29) is 11.8 Å². The van der Waals surface area contributed by atoms with E-state index in [0.717, 1.165) is 18.4 Å². The molecule has 0 aromatic heterocycles. The molecular formula is C27H38N2O2. The number of nitrogens with zero attached hydrogens (tertiary/aromatic N) is 1. The van der Waals surface area contributed by atoms with Gasteiger partial charge in [0.1, 0.15) is 6.04 Å². The zero-order chi connectivity index (χ0) is 22.6. The Morgan fingerprint density at radius 2 is 1.55 bits per heavy atom. The van der Waals surface area contributed by atoms with Crippen LogP contribution in [0, 0.1) is 0 Å². The summed E-state index contributed by atoms with van der Waals surface area (Å²) >= 11 is 0. The molecule has 168 valence electrons. The van der Waals surface area contributed by atoms with Gasteiger partial charge in [-0.2, -0.15) is 0 Å². The Hall–Kier alpha value is -2.62. The second kappa shape index (κ2) is 12.9. The molecule has 0 saturated carbocycles. The first kappa shape index (κ1) is 24.6. The summed E-state index contributed by atoms with van der Waals surface area (Å²) in [4.78, 5) is 27.8. The highest BCUT2D eigenvalue weighted by Gasteiger charge is 2.27. The van der Waals surface area contributed by atoms with Crippen LogP contribution >= 0.6 is 0 Å². The summed E-state index contributed by atoms with van der Waals surface area (Å²) in [5.74, 6) is 0.491. The molecule has 2 amide bonds. The average molecular weight is 423 g/mol. The number of rotatable bonds is 12. The third-order valence-corrected chi connectivity index (χ3v) is 5.69. The van der Waals surface area contributed by atoms with E-state index in [4.69, 9.17) is 0 Å². The molecule has 4 heteroatoms. The van der Waals surface area contributed by atoms with Crippen LogP contribution in [0.15, 0.2) is 54.6 Å². The molecule has 0 aliphatic carbocycles. The van der Waals surface area contributed by atoms with Crippen LogP contribution in [-0.4, -0.2) is 35.8 Å². The first-order valence-corrected chi connectivity index (χ1v) is 11.7. The third kappa shape index (κ3) is 7.86. The van der Waals surface area contributed by atoms with Gasteiger partial charge in [-0.25, -0.2) is 0 Å². The minimum absolute atomic E-state index is 0.0439. The van der Waals surface area contributed by atoms with E-state index >= 15 is 0 Å². The smallest absolute Gasteiger partial charge is 0.242 e. The molecule has 0 aliphatic rings. The summed E-state index contributed by atoms with van der Waals surface area (Å²) in [7, 11) is 0. The zero-order valence-electron chi connectivity index (χ0n) is 19.6. The lowest BCUT2D eigenvalue weighted by atomic mass is 10.00. The lowest BCUT2D eigenvalue weighted by Crippen LogP contribution is -2.50. The van der Waals surface area contributed by atoms with Gasteiger partial charge in [0, 0.05) is 19.5 Å². The van der Waals surface area contributed by atoms with Crippen LogP contribution in [0.1, 0.15) is 69.6 Å². The highest BCUT2D eigenvalue weighted by atomic mass is 16.2. The summed E-state index contributed by atoms with van der Waals surface area (Å²) in [5, 5.41) is 2.97. The number of nitrogens with one attached hydrogen (secondary N) is 1. The van der Waals surface area contributed by atoms with Gasteiger partial charge in [0.15, 0.2) is 0 Å². The number of carbonyl (C=O) groups excluding carboxylic acids is 2.